The van der Waals surface area contributed by atoms with E-state index in [2.05, 4.69) is 0 Å². The average molecular weight is 214 g/mol. The second-order valence-corrected chi connectivity index (χ2v) is 3.64. The fourth-order valence-electron chi connectivity index (χ4n) is 1.39. The number of nitrogens with zero attached hydrogens (tertiary/aromatic N) is 1. The Morgan fingerprint density at radius 2 is 2.31 bits per heavy atom. The Labute approximate surface area is 79.4 Å². The quantitative estimate of drug-likeness (QED) is 0.726. The molecule has 1 heterocycles. The highest BCUT2D eigenvalue weighted by atomic mass is 35.5. The smallest absolute Gasteiger partial charge is 0.303 e. The molecule has 0 spiro atoms. The van der Waals surface area contributed by atoms with Gasteiger partial charge in [0.2, 0.25) is 0 Å². The number of carbonyl (C=O) groups is 1. The topological polar surface area (TPSA) is 40.5 Å². The number of hydrogen-bond acceptors (Lipinski definition) is 2. The molecule has 1 fully saturated rings. The molecule has 0 aromatic heterocycles. The molecule has 1 aliphatic heterocycles. The summed E-state index contributed by atoms with van der Waals surface area (Å²) in [6.07, 6.45) is -0.290. The Morgan fingerprint density at radius 1 is 1.69 bits per heavy atom. The molecule has 76 valence electrons. The first-order valence-electron chi connectivity index (χ1n) is 3.93. The molecule has 1 N–H and O–H groups in total. The SMILES string of the molecule is O=C(O)CC[C@@H]1CC(F)(F)CN1Cl. The van der Waals surface area contributed by atoms with E-state index in [9.17, 15) is 13.6 Å². The van der Waals surface area contributed by atoms with Crippen molar-refractivity contribution in [2.24, 2.45) is 0 Å². The van der Waals surface area contributed by atoms with E-state index in [1.165, 1.54) is 0 Å². The van der Waals surface area contributed by atoms with E-state index in [1.807, 2.05) is 0 Å². The maximum Gasteiger partial charge on any atom is 0.303 e. The molecule has 0 unspecified atom stereocenters. The minimum atomic E-state index is -2.77. The van der Waals surface area contributed by atoms with Crippen LogP contribution in [0.15, 0.2) is 0 Å². The predicted molar refractivity (Wildman–Crippen MR) is 42.8 cm³/mol. The standard InChI is InChI=1S/C7H10ClF2NO2/c8-11-4-7(9,10)3-5(11)1-2-6(12)13/h5H,1-4H2,(H,12,13)/t5-/m1/s1. The zero-order chi connectivity index (χ0) is 10.1. The lowest BCUT2D eigenvalue weighted by atomic mass is 10.1. The lowest BCUT2D eigenvalue weighted by molar-refractivity contribution is -0.137. The number of halogens is 3. The van der Waals surface area contributed by atoms with Crippen molar-refractivity contribution in [3.05, 3.63) is 0 Å². The molecule has 0 aromatic rings. The number of alkyl halides is 2. The van der Waals surface area contributed by atoms with Gasteiger partial charge < -0.3 is 5.11 Å². The van der Waals surface area contributed by atoms with E-state index in [0.29, 0.717) is 0 Å². The summed E-state index contributed by atoms with van der Waals surface area (Å²) in [5.74, 6) is -3.76. The molecule has 0 amide bonds. The van der Waals surface area contributed by atoms with Crippen molar-refractivity contribution < 1.29 is 18.7 Å². The molecule has 1 saturated heterocycles. The second kappa shape index (κ2) is 3.75. The van der Waals surface area contributed by atoms with E-state index >= 15 is 0 Å². The van der Waals surface area contributed by atoms with Crippen molar-refractivity contribution in [2.45, 2.75) is 31.2 Å². The molecule has 0 bridgehead atoms. The highest BCUT2D eigenvalue weighted by molar-refractivity contribution is 6.13. The van der Waals surface area contributed by atoms with Gasteiger partial charge in [-0.05, 0) is 18.2 Å². The number of rotatable bonds is 3. The largest absolute Gasteiger partial charge is 0.481 e. The van der Waals surface area contributed by atoms with Gasteiger partial charge in [-0.1, -0.05) is 0 Å². The van der Waals surface area contributed by atoms with Crippen LogP contribution in [0.1, 0.15) is 19.3 Å². The summed E-state index contributed by atoms with van der Waals surface area (Å²) in [6.45, 7) is -0.487. The molecule has 13 heavy (non-hydrogen) atoms. The Balaban J connectivity index is 2.39. The van der Waals surface area contributed by atoms with Crippen LogP contribution in [0.3, 0.4) is 0 Å². The summed E-state index contributed by atoms with van der Waals surface area (Å²) in [7, 11) is 0. The highest BCUT2D eigenvalue weighted by Gasteiger charge is 2.44. The van der Waals surface area contributed by atoms with Crippen molar-refractivity contribution in [1.82, 2.24) is 4.42 Å². The normalized spacial score (nSPS) is 27.8. The van der Waals surface area contributed by atoms with Gasteiger partial charge in [0.1, 0.15) is 0 Å². The maximum absolute atomic E-state index is 12.7. The molecule has 0 saturated carbocycles. The van der Waals surface area contributed by atoms with Gasteiger partial charge >= 0.3 is 5.97 Å². The van der Waals surface area contributed by atoms with Gasteiger partial charge in [-0.2, -0.15) is 0 Å². The molecule has 1 atom stereocenters. The van der Waals surface area contributed by atoms with Crippen molar-refractivity contribution in [2.75, 3.05) is 6.54 Å². The van der Waals surface area contributed by atoms with Crippen LogP contribution in [0, 0.1) is 0 Å². The van der Waals surface area contributed by atoms with Crippen LogP contribution in [0.2, 0.25) is 0 Å². The Bertz CT molecular complexity index is 213. The molecule has 0 aliphatic carbocycles. The van der Waals surface area contributed by atoms with Crippen molar-refractivity contribution in [3.63, 3.8) is 0 Å². The first-order valence-corrected chi connectivity index (χ1v) is 4.26. The number of aliphatic carboxylic acids is 1. The highest BCUT2D eigenvalue weighted by Crippen LogP contribution is 2.34. The summed E-state index contributed by atoms with van der Waals surface area (Å²) in [5.41, 5.74) is 0. The van der Waals surface area contributed by atoms with Crippen LogP contribution in [0.4, 0.5) is 8.78 Å². The monoisotopic (exact) mass is 213 g/mol. The summed E-state index contributed by atoms with van der Waals surface area (Å²) in [5, 5.41) is 8.34. The lowest BCUT2D eigenvalue weighted by Gasteiger charge is -2.13. The van der Waals surface area contributed by atoms with Gasteiger partial charge in [0.05, 0.1) is 6.54 Å². The zero-order valence-corrected chi connectivity index (χ0v) is 7.60. The third-order valence-electron chi connectivity index (χ3n) is 2.00. The fourth-order valence-corrected chi connectivity index (χ4v) is 1.73. The van der Waals surface area contributed by atoms with E-state index < -0.39 is 24.5 Å². The van der Waals surface area contributed by atoms with Gasteiger partial charge in [0.25, 0.3) is 5.92 Å². The molecule has 3 nitrogen and oxygen atoms in total. The number of hydrogen-bond donors (Lipinski definition) is 1. The van der Waals surface area contributed by atoms with E-state index in [0.717, 1.165) is 4.42 Å². The summed E-state index contributed by atoms with van der Waals surface area (Å²) >= 11 is 5.51. The van der Waals surface area contributed by atoms with Crippen LogP contribution in [-0.4, -0.2) is 34.0 Å². The third-order valence-corrected chi connectivity index (χ3v) is 2.40. The van der Waals surface area contributed by atoms with Crippen LogP contribution in [0.5, 0.6) is 0 Å². The van der Waals surface area contributed by atoms with Gasteiger partial charge in [-0.3, -0.25) is 4.79 Å². The first-order chi connectivity index (χ1) is 5.91. The van der Waals surface area contributed by atoms with Crippen molar-refractivity contribution in [1.29, 1.82) is 0 Å². The lowest BCUT2D eigenvalue weighted by Crippen LogP contribution is -2.21. The summed E-state index contributed by atoms with van der Waals surface area (Å²) in [6, 6.07) is -0.521. The van der Waals surface area contributed by atoms with Gasteiger partial charge in [0, 0.05) is 18.9 Å². The van der Waals surface area contributed by atoms with Crippen LogP contribution in [-0.2, 0) is 4.79 Å². The van der Waals surface area contributed by atoms with Gasteiger partial charge in [0.15, 0.2) is 0 Å². The fraction of sp³-hybridized carbons (Fsp3) is 0.857. The number of carboxylic acid groups (broad SMARTS) is 1. The molecule has 1 rings (SSSR count). The van der Waals surface area contributed by atoms with E-state index in [4.69, 9.17) is 16.9 Å². The Kier molecular flexibility index (Phi) is 3.08. The first kappa shape index (κ1) is 10.7. The minimum Gasteiger partial charge on any atom is -0.481 e. The Morgan fingerprint density at radius 3 is 2.69 bits per heavy atom. The second-order valence-electron chi connectivity index (χ2n) is 3.20. The zero-order valence-electron chi connectivity index (χ0n) is 6.84. The molecule has 1 aliphatic rings. The van der Waals surface area contributed by atoms with E-state index in [1.54, 1.807) is 0 Å². The Hall–Kier alpha value is -0.420. The van der Waals surface area contributed by atoms with Crippen LogP contribution in [0.25, 0.3) is 0 Å². The molecular weight excluding hydrogens is 204 g/mol. The summed E-state index contributed by atoms with van der Waals surface area (Å²) in [4.78, 5) is 10.2. The van der Waals surface area contributed by atoms with Gasteiger partial charge in [-0.25, -0.2) is 13.2 Å². The van der Waals surface area contributed by atoms with Gasteiger partial charge in [-0.15, -0.1) is 0 Å². The summed E-state index contributed by atoms with van der Waals surface area (Å²) < 4.78 is 26.4. The predicted octanol–water partition coefficient (Wildman–Crippen LogP) is 1.71. The third kappa shape index (κ3) is 3.08. The number of carboxylic acids is 1. The van der Waals surface area contributed by atoms with Crippen LogP contribution < -0.4 is 0 Å². The van der Waals surface area contributed by atoms with Crippen LogP contribution >= 0.6 is 11.8 Å². The van der Waals surface area contributed by atoms with Crippen molar-refractivity contribution in [3.8, 4) is 0 Å². The average Bonchev–Trinajstić information content (AvgIpc) is 2.20. The minimum absolute atomic E-state index is 0.121. The van der Waals surface area contributed by atoms with Crippen molar-refractivity contribution >= 4 is 17.7 Å². The molecular formula is C7H10ClF2NO2. The maximum atomic E-state index is 12.7. The molecule has 0 aromatic carbocycles. The van der Waals surface area contributed by atoms with E-state index in [-0.39, 0.29) is 19.3 Å². The molecule has 6 heteroatoms. The molecule has 0 radical (unpaired) electrons.